The van der Waals surface area contributed by atoms with Gasteiger partial charge in [-0.15, -0.1) is 0 Å². The predicted octanol–water partition coefficient (Wildman–Crippen LogP) is 1.05. The SMILES string of the molecule is CCNc1nc(N)c(C(=O)NC(C)CCCO)s1. The van der Waals surface area contributed by atoms with Crippen LogP contribution in [0.3, 0.4) is 0 Å². The van der Waals surface area contributed by atoms with Gasteiger partial charge in [-0.25, -0.2) is 4.98 Å². The van der Waals surface area contributed by atoms with Gasteiger partial charge in [-0.1, -0.05) is 11.3 Å². The van der Waals surface area contributed by atoms with Crippen molar-refractivity contribution in [3.8, 4) is 0 Å². The molecule has 1 aromatic heterocycles. The molecule has 0 aliphatic carbocycles. The van der Waals surface area contributed by atoms with Crippen molar-refractivity contribution in [2.45, 2.75) is 32.7 Å². The predicted molar refractivity (Wildman–Crippen MR) is 73.9 cm³/mol. The zero-order chi connectivity index (χ0) is 13.5. The van der Waals surface area contributed by atoms with Crippen LogP contribution in [0.1, 0.15) is 36.4 Å². The van der Waals surface area contributed by atoms with Crippen LogP contribution in [0.2, 0.25) is 0 Å². The van der Waals surface area contributed by atoms with Crippen LogP contribution in [0, 0.1) is 0 Å². The lowest BCUT2D eigenvalue weighted by Gasteiger charge is -2.12. The number of nitrogen functional groups attached to an aromatic ring is 1. The summed E-state index contributed by atoms with van der Waals surface area (Å²) in [6.45, 7) is 4.72. The number of nitrogens with two attached hydrogens (primary N) is 1. The molecule has 1 heterocycles. The van der Waals surface area contributed by atoms with Gasteiger partial charge in [0, 0.05) is 19.2 Å². The number of hydrogen-bond acceptors (Lipinski definition) is 6. The molecule has 0 bridgehead atoms. The molecule has 1 unspecified atom stereocenters. The summed E-state index contributed by atoms with van der Waals surface area (Å²) in [5, 5.41) is 15.2. The first kappa shape index (κ1) is 14.7. The largest absolute Gasteiger partial charge is 0.396 e. The monoisotopic (exact) mass is 272 g/mol. The molecule has 0 spiro atoms. The maximum atomic E-state index is 11.9. The van der Waals surface area contributed by atoms with Crippen LogP contribution in [0.5, 0.6) is 0 Å². The molecule has 18 heavy (non-hydrogen) atoms. The maximum absolute atomic E-state index is 11.9. The van der Waals surface area contributed by atoms with Gasteiger partial charge in [0.1, 0.15) is 10.7 Å². The van der Waals surface area contributed by atoms with E-state index in [9.17, 15) is 4.79 Å². The van der Waals surface area contributed by atoms with Crippen LogP contribution in [0.4, 0.5) is 10.9 Å². The van der Waals surface area contributed by atoms with E-state index in [1.807, 2.05) is 13.8 Å². The van der Waals surface area contributed by atoms with Gasteiger partial charge in [-0.05, 0) is 26.7 Å². The van der Waals surface area contributed by atoms with Crippen LogP contribution in [0.15, 0.2) is 0 Å². The molecule has 6 nitrogen and oxygen atoms in total. The van der Waals surface area contributed by atoms with E-state index in [-0.39, 0.29) is 24.4 Å². The highest BCUT2D eigenvalue weighted by atomic mass is 32.1. The number of nitrogens with zero attached hydrogens (tertiary/aromatic N) is 1. The summed E-state index contributed by atoms with van der Waals surface area (Å²) >= 11 is 1.25. The molecule has 1 amide bonds. The van der Waals surface area contributed by atoms with Crippen LogP contribution < -0.4 is 16.4 Å². The minimum Gasteiger partial charge on any atom is -0.396 e. The lowest BCUT2D eigenvalue weighted by atomic mass is 10.2. The van der Waals surface area contributed by atoms with Gasteiger partial charge >= 0.3 is 0 Å². The molecule has 0 aliphatic heterocycles. The van der Waals surface area contributed by atoms with Crippen LogP contribution in [-0.2, 0) is 0 Å². The summed E-state index contributed by atoms with van der Waals surface area (Å²) in [5.41, 5.74) is 5.71. The molecule has 1 rings (SSSR count). The Morgan fingerprint density at radius 1 is 1.61 bits per heavy atom. The summed E-state index contributed by atoms with van der Waals surface area (Å²) in [4.78, 5) is 16.5. The number of thiazole rings is 1. The first-order chi connectivity index (χ1) is 8.58. The first-order valence-electron chi connectivity index (χ1n) is 6.00. The molecule has 1 atom stereocenters. The third-order valence-electron chi connectivity index (χ3n) is 2.36. The van der Waals surface area contributed by atoms with Crippen molar-refractivity contribution in [3.05, 3.63) is 4.88 Å². The van der Waals surface area contributed by atoms with Gasteiger partial charge in [-0.2, -0.15) is 0 Å². The van der Waals surface area contributed by atoms with Crippen molar-refractivity contribution in [1.82, 2.24) is 10.3 Å². The number of aromatic nitrogens is 1. The quantitative estimate of drug-likeness (QED) is 0.594. The Labute approximate surface area is 111 Å². The minimum atomic E-state index is -0.209. The Morgan fingerprint density at radius 2 is 2.33 bits per heavy atom. The van der Waals surface area contributed by atoms with E-state index in [0.29, 0.717) is 16.4 Å². The fraction of sp³-hybridized carbons (Fsp3) is 0.636. The summed E-state index contributed by atoms with van der Waals surface area (Å²) in [6, 6.07) is 0.00809. The van der Waals surface area contributed by atoms with Crippen molar-refractivity contribution in [2.24, 2.45) is 0 Å². The van der Waals surface area contributed by atoms with Crippen LogP contribution >= 0.6 is 11.3 Å². The van der Waals surface area contributed by atoms with Gasteiger partial charge in [0.2, 0.25) is 0 Å². The molecule has 5 N–H and O–H groups in total. The van der Waals surface area contributed by atoms with Crippen molar-refractivity contribution < 1.29 is 9.90 Å². The molecule has 1 aromatic rings. The highest BCUT2D eigenvalue weighted by molar-refractivity contribution is 7.18. The number of rotatable bonds is 7. The number of carbonyl (C=O) groups is 1. The Morgan fingerprint density at radius 3 is 2.94 bits per heavy atom. The highest BCUT2D eigenvalue weighted by Crippen LogP contribution is 2.24. The first-order valence-corrected chi connectivity index (χ1v) is 6.82. The number of nitrogens with one attached hydrogen (secondary N) is 2. The van der Waals surface area contributed by atoms with E-state index in [1.54, 1.807) is 0 Å². The van der Waals surface area contributed by atoms with Gasteiger partial charge in [0.15, 0.2) is 5.13 Å². The van der Waals surface area contributed by atoms with E-state index in [0.717, 1.165) is 13.0 Å². The Balaban J connectivity index is 2.60. The van der Waals surface area contributed by atoms with Crippen LogP contribution in [-0.4, -0.2) is 35.2 Å². The average Bonchev–Trinajstić information content (AvgIpc) is 2.68. The smallest absolute Gasteiger partial charge is 0.265 e. The minimum absolute atomic E-state index is 0.00809. The molecule has 0 saturated heterocycles. The number of aliphatic hydroxyl groups excluding tert-OH is 1. The fourth-order valence-corrected chi connectivity index (χ4v) is 2.34. The number of anilines is 2. The van der Waals surface area contributed by atoms with Gasteiger partial charge < -0.3 is 21.5 Å². The Bertz CT molecular complexity index is 394. The summed E-state index contributed by atoms with van der Waals surface area (Å²) in [6.07, 6.45) is 1.41. The third kappa shape index (κ3) is 4.15. The molecule has 0 aliphatic rings. The summed E-state index contributed by atoms with van der Waals surface area (Å²) in [5.74, 6) is 0.0439. The summed E-state index contributed by atoms with van der Waals surface area (Å²) < 4.78 is 0. The molecular formula is C11H20N4O2S. The molecule has 0 saturated carbocycles. The lowest BCUT2D eigenvalue weighted by Crippen LogP contribution is -2.32. The number of amides is 1. The normalized spacial score (nSPS) is 12.2. The fourth-order valence-electron chi connectivity index (χ4n) is 1.48. The molecule has 0 aromatic carbocycles. The van der Waals surface area contributed by atoms with Crippen molar-refractivity contribution in [2.75, 3.05) is 24.2 Å². The summed E-state index contributed by atoms with van der Waals surface area (Å²) in [7, 11) is 0. The second-order valence-electron chi connectivity index (χ2n) is 4.00. The van der Waals surface area contributed by atoms with Gasteiger partial charge in [-0.3, -0.25) is 4.79 Å². The van der Waals surface area contributed by atoms with E-state index >= 15 is 0 Å². The Hall–Kier alpha value is -1.34. The third-order valence-corrected chi connectivity index (χ3v) is 3.39. The maximum Gasteiger partial charge on any atom is 0.265 e. The zero-order valence-corrected chi connectivity index (χ0v) is 11.5. The molecule has 7 heteroatoms. The topological polar surface area (TPSA) is 100 Å². The van der Waals surface area contributed by atoms with E-state index in [4.69, 9.17) is 10.8 Å². The van der Waals surface area contributed by atoms with Gasteiger partial charge in [0.25, 0.3) is 5.91 Å². The molecule has 102 valence electrons. The second kappa shape index (κ2) is 7.17. The van der Waals surface area contributed by atoms with E-state index < -0.39 is 0 Å². The van der Waals surface area contributed by atoms with Gasteiger partial charge in [0.05, 0.1) is 0 Å². The van der Waals surface area contributed by atoms with Crippen molar-refractivity contribution >= 4 is 28.2 Å². The zero-order valence-electron chi connectivity index (χ0n) is 10.7. The number of aliphatic hydroxyl groups is 1. The van der Waals surface area contributed by atoms with E-state index in [1.165, 1.54) is 11.3 Å². The van der Waals surface area contributed by atoms with Crippen LogP contribution in [0.25, 0.3) is 0 Å². The highest BCUT2D eigenvalue weighted by Gasteiger charge is 2.17. The van der Waals surface area contributed by atoms with Crippen molar-refractivity contribution in [3.63, 3.8) is 0 Å². The second-order valence-corrected chi connectivity index (χ2v) is 5.00. The molecule has 0 fully saturated rings. The number of carbonyl (C=O) groups excluding carboxylic acids is 1. The molecular weight excluding hydrogens is 252 g/mol. The van der Waals surface area contributed by atoms with Crippen molar-refractivity contribution in [1.29, 1.82) is 0 Å². The molecule has 0 radical (unpaired) electrons. The lowest BCUT2D eigenvalue weighted by molar-refractivity contribution is 0.0941. The van der Waals surface area contributed by atoms with E-state index in [2.05, 4.69) is 15.6 Å². The number of hydrogen-bond donors (Lipinski definition) is 4. The average molecular weight is 272 g/mol. The Kier molecular flexibility index (Phi) is 5.87. The standard InChI is InChI=1S/C11H20N4O2S/c1-3-13-11-15-9(12)8(18-11)10(17)14-7(2)5-4-6-16/h7,16H,3-6,12H2,1-2H3,(H,13,15)(H,14,17).